The number of rotatable bonds is 6. The molecule has 0 spiro atoms. The van der Waals surface area contributed by atoms with Gasteiger partial charge in [-0.2, -0.15) is 4.80 Å². The van der Waals surface area contributed by atoms with Crippen molar-refractivity contribution in [2.24, 2.45) is 0 Å². The van der Waals surface area contributed by atoms with Gasteiger partial charge in [0.2, 0.25) is 5.82 Å². The van der Waals surface area contributed by atoms with E-state index in [0.717, 1.165) is 23.8 Å². The van der Waals surface area contributed by atoms with E-state index in [1.165, 1.54) is 18.3 Å². The molecule has 1 amide bonds. The van der Waals surface area contributed by atoms with E-state index in [4.69, 9.17) is 24.0 Å². The minimum Gasteiger partial charge on any atom is -0.441 e. The Balaban J connectivity index is 0.000000586. The van der Waals surface area contributed by atoms with Crippen LogP contribution in [0.1, 0.15) is 18.9 Å². The van der Waals surface area contributed by atoms with Gasteiger partial charge in [-0.05, 0) is 42.3 Å². The fraction of sp³-hybridized carbons (Fsp3) is 0.350. The Kier molecular flexibility index (Phi) is 7.57. The predicted octanol–water partition coefficient (Wildman–Crippen LogP) is 1.90. The third-order valence-corrected chi connectivity index (χ3v) is 5.34. The first kappa shape index (κ1) is 26.6. The lowest BCUT2D eigenvalue weighted by molar-refractivity contribution is -0.0641. The average Bonchev–Trinajstić information content (AvgIpc) is 3.42. The first-order chi connectivity index (χ1) is 17.4. The standard InChI is InChI=1S/C20H17F3N6O3.H3O4P/c21-14-7-12(28-9-16(32-20(28)31)17(30)18(22)23)4-5-13(14)10-1-6-15(24-8-10)19-25-27-29(26-19)11-2-3-11;1-5(2,3)4/h1,4-8,11,16-18,30H,2-3,9H2;(H3,1,2,3,4). The third-order valence-electron chi connectivity index (χ3n) is 5.34. The Labute approximate surface area is 206 Å². The van der Waals surface area contributed by atoms with Crippen LogP contribution in [0.25, 0.3) is 22.6 Å². The summed E-state index contributed by atoms with van der Waals surface area (Å²) in [5.74, 6) is -0.257. The Bertz CT molecular complexity index is 1310. The van der Waals surface area contributed by atoms with Crippen LogP contribution in [0.2, 0.25) is 0 Å². The predicted molar refractivity (Wildman–Crippen MR) is 119 cm³/mol. The Morgan fingerprint density at radius 1 is 1.14 bits per heavy atom. The summed E-state index contributed by atoms with van der Waals surface area (Å²) in [5, 5.41) is 21.7. The molecule has 0 radical (unpaired) electrons. The van der Waals surface area contributed by atoms with E-state index in [2.05, 4.69) is 20.4 Å². The largest absolute Gasteiger partial charge is 0.466 e. The summed E-state index contributed by atoms with van der Waals surface area (Å²) in [6.45, 7) is -0.312. The van der Waals surface area contributed by atoms with Crippen LogP contribution in [0.15, 0.2) is 36.5 Å². The van der Waals surface area contributed by atoms with Crippen molar-refractivity contribution in [2.45, 2.75) is 37.5 Å². The number of halogens is 3. The van der Waals surface area contributed by atoms with Crippen LogP contribution < -0.4 is 4.90 Å². The molecule has 17 heteroatoms. The molecule has 1 saturated carbocycles. The summed E-state index contributed by atoms with van der Waals surface area (Å²) < 4.78 is 53.8. The van der Waals surface area contributed by atoms with Crippen molar-refractivity contribution in [3.05, 3.63) is 42.3 Å². The molecule has 2 atom stereocenters. The minimum absolute atomic E-state index is 0.130. The molecule has 5 rings (SSSR count). The van der Waals surface area contributed by atoms with Gasteiger partial charge in [0.05, 0.1) is 18.3 Å². The van der Waals surface area contributed by atoms with E-state index < -0.39 is 38.4 Å². The molecule has 37 heavy (non-hydrogen) atoms. The molecule has 1 aromatic carbocycles. The second-order valence-electron chi connectivity index (χ2n) is 8.13. The molecule has 0 bridgehead atoms. The van der Waals surface area contributed by atoms with Gasteiger partial charge in [-0.3, -0.25) is 9.88 Å². The summed E-state index contributed by atoms with van der Waals surface area (Å²) in [7, 11) is -4.64. The number of amides is 1. The number of benzene rings is 1. The molecule has 2 aromatic heterocycles. The number of aromatic nitrogens is 5. The number of nitrogens with zero attached hydrogens (tertiary/aromatic N) is 6. The van der Waals surface area contributed by atoms with E-state index >= 15 is 0 Å². The second kappa shape index (κ2) is 10.5. The number of pyridine rings is 1. The van der Waals surface area contributed by atoms with Gasteiger partial charge in [0.1, 0.15) is 11.5 Å². The molecule has 198 valence electrons. The lowest BCUT2D eigenvalue weighted by atomic mass is 10.1. The highest BCUT2D eigenvalue weighted by molar-refractivity contribution is 7.45. The molecule has 1 aliphatic carbocycles. The van der Waals surface area contributed by atoms with E-state index in [0.29, 0.717) is 23.1 Å². The zero-order chi connectivity index (χ0) is 26.9. The maximum absolute atomic E-state index is 14.8. The third kappa shape index (κ3) is 6.67. The van der Waals surface area contributed by atoms with Crippen molar-refractivity contribution in [2.75, 3.05) is 11.4 Å². The van der Waals surface area contributed by atoms with E-state index in [1.54, 1.807) is 16.9 Å². The maximum Gasteiger partial charge on any atom is 0.466 e. The molecular weight excluding hydrogens is 524 g/mol. The number of aliphatic hydroxyl groups excluding tert-OH is 1. The van der Waals surface area contributed by atoms with Gasteiger partial charge < -0.3 is 24.5 Å². The Morgan fingerprint density at radius 2 is 1.84 bits per heavy atom. The first-order valence-electron chi connectivity index (χ1n) is 10.7. The number of hydrogen-bond acceptors (Lipinski definition) is 8. The van der Waals surface area contributed by atoms with Crippen molar-refractivity contribution >= 4 is 19.6 Å². The summed E-state index contributed by atoms with van der Waals surface area (Å²) in [6.07, 6.45) is -3.97. The molecule has 4 N–H and O–H groups in total. The Hall–Kier alpha value is -3.43. The number of carbonyl (C=O) groups is 1. The van der Waals surface area contributed by atoms with Gasteiger partial charge in [0.15, 0.2) is 12.2 Å². The number of cyclic esters (lactones) is 1. The normalized spacial score (nSPS) is 18.4. The van der Waals surface area contributed by atoms with Gasteiger partial charge >= 0.3 is 13.9 Å². The molecule has 3 heterocycles. The van der Waals surface area contributed by atoms with Crippen LogP contribution >= 0.6 is 7.82 Å². The summed E-state index contributed by atoms with van der Waals surface area (Å²) in [5.41, 5.74) is 1.35. The molecule has 13 nitrogen and oxygen atoms in total. The number of hydrogen-bond donors (Lipinski definition) is 4. The first-order valence-corrected chi connectivity index (χ1v) is 12.3. The lowest BCUT2D eigenvalue weighted by Gasteiger charge is -2.16. The van der Waals surface area contributed by atoms with Crippen LogP contribution in [-0.2, 0) is 9.30 Å². The topological polar surface area (TPSA) is 184 Å². The van der Waals surface area contributed by atoms with Gasteiger partial charge in [-0.1, -0.05) is 6.07 Å². The molecule has 2 fully saturated rings. The SMILES string of the molecule is O=C1OC(C(O)C(F)F)CN1c1ccc(-c2ccc(-c3nnn(C4CC4)n3)nc2)c(F)c1.O=P(O)(O)O. The van der Waals surface area contributed by atoms with Gasteiger partial charge in [0, 0.05) is 17.3 Å². The average molecular weight is 544 g/mol. The summed E-state index contributed by atoms with van der Waals surface area (Å²) in [6, 6.07) is 7.64. The number of tetrazole rings is 1. The smallest absolute Gasteiger partial charge is 0.441 e. The number of ether oxygens (including phenoxy) is 1. The highest BCUT2D eigenvalue weighted by Crippen LogP contribution is 2.34. The molecule has 2 aliphatic rings. The van der Waals surface area contributed by atoms with E-state index in [1.807, 2.05) is 0 Å². The quantitative estimate of drug-likeness (QED) is 0.332. The van der Waals surface area contributed by atoms with Gasteiger partial charge in [-0.15, -0.1) is 10.2 Å². The highest BCUT2D eigenvalue weighted by atomic mass is 31.2. The lowest BCUT2D eigenvalue weighted by Crippen LogP contribution is -2.36. The highest BCUT2D eigenvalue weighted by Gasteiger charge is 2.40. The summed E-state index contributed by atoms with van der Waals surface area (Å²) in [4.78, 5) is 40.4. The Morgan fingerprint density at radius 3 is 2.41 bits per heavy atom. The fourth-order valence-electron chi connectivity index (χ4n) is 3.41. The molecule has 3 aromatic rings. The number of aliphatic hydroxyl groups is 1. The van der Waals surface area contributed by atoms with Gasteiger partial charge in [-0.25, -0.2) is 22.5 Å². The van der Waals surface area contributed by atoms with Crippen molar-refractivity contribution in [1.82, 2.24) is 25.2 Å². The van der Waals surface area contributed by atoms with Crippen LogP contribution in [0.5, 0.6) is 0 Å². The number of carbonyl (C=O) groups excluding carboxylic acids is 1. The number of phosphoric acid groups is 1. The zero-order valence-corrected chi connectivity index (χ0v) is 19.6. The van der Waals surface area contributed by atoms with Crippen molar-refractivity contribution in [1.29, 1.82) is 0 Å². The van der Waals surface area contributed by atoms with Crippen LogP contribution in [0.3, 0.4) is 0 Å². The molecule has 1 saturated heterocycles. The van der Waals surface area contributed by atoms with Crippen molar-refractivity contribution in [3.63, 3.8) is 0 Å². The van der Waals surface area contributed by atoms with Crippen LogP contribution in [0, 0.1) is 5.82 Å². The zero-order valence-electron chi connectivity index (χ0n) is 18.7. The number of alkyl halides is 2. The van der Waals surface area contributed by atoms with Gasteiger partial charge in [0.25, 0.3) is 6.43 Å². The molecule has 1 aliphatic heterocycles. The molecule has 2 unspecified atom stereocenters. The van der Waals surface area contributed by atoms with E-state index in [-0.39, 0.29) is 17.8 Å². The minimum atomic E-state index is -4.64. The van der Waals surface area contributed by atoms with Crippen LogP contribution in [0.4, 0.5) is 23.7 Å². The molecular formula is C20H20F3N6O7P. The maximum atomic E-state index is 14.8. The van der Waals surface area contributed by atoms with E-state index in [9.17, 15) is 23.1 Å². The van der Waals surface area contributed by atoms with Crippen molar-refractivity contribution in [3.8, 4) is 22.6 Å². The second-order valence-corrected chi connectivity index (χ2v) is 9.16. The number of anilines is 1. The summed E-state index contributed by atoms with van der Waals surface area (Å²) >= 11 is 0. The van der Waals surface area contributed by atoms with Crippen molar-refractivity contribution < 1.29 is 47.1 Å². The van der Waals surface area contributed by atoms with Crippen LogP contribution in [-0.4, -0.2) is 76.2 Å². The fourth-order valence-corrected chi connectivity index (χ4v) is 3.41. The monoisotopic (exact) mass is 544 g/mol.